The van der Waals surface area contributed by atoms with Crippen LogP contribution in [0, 0.1) is 13.8 Å². The monoisotopic (exact) mass is 302 g/mol. The minimum atomic E-state index is -0.504. The van der Waals surface area contributed by atoms with Crippen molar-refractivity contribution in [3.8, 4) is 0 Å². The number of primary amides is 1. The summed E-state index contributed by atoms with van der Waals surface area (Å²) in [5.41, 5.74) is 7.76. The third-order valence-corrected chi connectivity index (χ3v) is 4.49. The van der Waals surface area contributed by atoms with Gasteiger partial charge in [-0.2, -0.15) is 0 Å². The Balaban J connectivity index is 2.03. The lowest BCUT2D eigenvalue weighted by Gasteiger charge is -2.05. The van der Waals surface area contributed by atoms with Gasteiger partial charge >= 0.3 is 0 Å². The average Bonchev–Trinajstić information content (AvgIpc) is 2.72. The molecule has 1 aromatic heterocycles. The molecule has 0 bridgehead atoms. The van der Waals surface area contributed by atoms with Crippen molar-refractivity contribution < 1.29 is 9.59 Å². The molecule has 2 rings (SSSR count). The van der Waals surface area contributed by atoms with Gasteiger partial charge in [-0.15, -0.1) is 11.3 Å². The molecule has 110 valence electrons. The molecule has 21 heavy (non-hydrogen) atoms. The van der Waals surface area contributed by atoms with Crippen LogP contribution in [0.15, 0.2) is 30.3 Å². The van der Waals surface area contributed by atoms with Crippen LogP contribution in [0.4, 0.5) is 5.00 Å². The fourth-order valence-corrected chi connectivity index (χ4v) is 3.19. The maximum Gasteiger partial charge on any atom is 0.251 e. The second-order valence-corrected chi connectivity index (χ2v) is 6.11. The van der Waals surface area contributed by atoms with Gasteiger partial charge in [-0.1, -0.05) is 30.3 Å². The predicted octanol–water partition coefficient (Wildman–Crippen LogP) is 3.04. The number of nitrogens with one attached hydrogen (secondary N) is 1. The predicted molar refractivity (Wildman–Crippen MR) is 85.7 cm³/mol. The first-order chi connectivity index (χ1) is 9.99. The van der Waals surface area contributed by atoms with Gasteiger partial charge in [0.25, 0.3) is 5.91 Å². The molecule has 2 amide bonds. The number of thiophene rings is 1. The van der Waals surface area contributed by atoms with E-state index in [0.29, 0.717) is 23.4 Å². The zero-order chi connectivity index (χ0) is 15.4. The van der Waals surface area contributed by atoms with Gasteiger partial charge in [0, 0.05) is 11.3 Å². The highest BCUT2D eigenvalue weighted by molar-refractivity contribution is 7.16. The number of nitrogens with two attached hydrogens (primary N) is 1. The van der Waals surface area contributed by atoms with Crippen molar-refractivity contribution in [1.82, 2.24) is 0 Å². The van der Waals surface area contributed by atoms with Gasteiger partial charge in [0.1, 0.15) is 5.00 Å². The molecule has 5 heteroatoms. The van der Waals surface area contributed by atoms with Crippen molar-refractivity contribution in [1.29, 1.82) is 0 Å². The van der Waals surface area contributed by atoms with Gasteiger partial charge in [0.15, 0.2) is 0 Å². The maximum atomic E-state index is 12.0. The van der Waals surface area contributed by atoms with Crippen molar-refractivity contribution >= 4 is 28.2 Å². The molecule has 0 fully saturated rings. The molecule has 4 nitrogen and oxygen atoms in total. The van der Waals surface area contributed by atoms with E-state index in [1.807, 2.05) is 44.2 Å². The van der Waals surface area contributed by atoms with E-state index in [9.17, 15) is 9.59 Å². The van der Waals surface area contributed by atoms with Gasteiger partial charge < -0.3 is 11.1 Å². The van der Waals surface area contributed by atoms with Crippen LogP contribution in [0.2, 0.25) is 0 Å². The summed E-state index contributed by atoms with van der Waals surface area (Å²) in [7, 11) is 0. The van der Waals surface area contributed by atoms with Crippen LogP contribution >= 0.6 is 11.3 Å². The third kappa shape index (κ3) is 3.70. The Bertz CT molecular complexity index is 662. The number of rotatable bonds is 5. The summed E-state index contributed by atoms with van der Waals surface area (Å²) >= 11 is 1.39. The number of hydrogen-bond acceptors (Lipinski definition) is 3. The third-order valence-electron chi connectivity index (χ3n) is 3.37. The maximum absolute atomic E-state index is 12.0. The van der Waals surface area contributed by atoms with Crippen LogP contribution in [-0.4, -0.2) is 11.8 Å². The van der Waals surface area contributed by atoms with Crippen LogP contribution in [0.3, 0.4) is 0 Å². The van der Waals surface area contributed by atoms with E-state index in [1.165, 1.54) is 11.3 Å². The van der Waals surface area contributed by atoms with Crippen molar-refractivity contribution in [2.45, 2.75) is 26.7 Å². The lowest BCUT2D eigenvalue weighted by molar-refractivity contribution is -0.116. The molecular weight excluding hydrogens is 284 g/mol. The summed E-state index contributed by atoms with van der Waals surface area (Å²) in [6.07, 6.45) is 1.04. The zero-order valence-corrected chi connectivity index (χ0v) is 12.9. The highest BCUT2D eigenvalue weighted by Gasteiger charge is 2.18. The molecule has 0 atom stereocenters. The van der Waals surface area contributed by atoms with Gasteiger partial charge in [0.2, 0.25) is 5.91 Å². The Hall–Kier alpha value is -2.14. The molecule has 0 saturated carbocycles. The number of carbonyl (C=O) groups excluding carboxylic acids is 2. The summed E-state index contributed by atoms with van der Waals surface area (Å²) in [4.78, 5) is 24.5. The SMILES string of the molecule is Cc1sc(NC(=O)CCc2ccccc2)c(C(N)=O)c1C. The van der Waals surface area contributed by atoms with Crippen LogP contribution in [0.5, 0.6) is 0 Å². The topological polar surface area (TPSA) is 72.2 Å². The minimum absolute atomic E-state index is 0.109. The van der Waals surface area contributed by atoms with Crippen molar-refractivity contribution in [3.05, 3.63) is 51.9 Å². The number of anilines is 1. The molecule has 1 heterocycles. The Morgan fingerprint density at radius 3 is 2.48 bits per heavy atom. The van der Waals surface area contributed by atoms with Gasteiger partial charge in [0.05, 0.1) is 5.56 Å². The molecule has 2 aromatic rings. The molecule has 0 radical (unpaired) electrons. The Labute approximate surface area is 128 Å². The Kier molecular flexibility index (Phi) is 4.75. The molecule has 0 aliphatic rings. The van der Waals surface area contributed by atoms with E-state index in [-0.39, 0.29) is 5.91 Å². The molecule has 0 spiro atoms. The molecule has 0 aliphatic heterocycles. The van der Waals surface area contributed by atoms with Gasteiger partial charge in [-0.05, 0) is 31.4 Å². The van der Waals surface area contributed by atoms with E-state index in [4.69, 9.17) is 5.73 Å². The lowest BCUT2D eigenvalue weighted by atomic mass is 10.1. The van der Waals surface area contributed by atoms with Crippen LogP contribution in [-0.2, 0) is 11.2 Å². The normalized spacial score (nSPS) is 10.4. The van der Waals surface area contributed by atoms with Crippen LogP contribution in [0.25, 0.3) is 0 Å². The molecule has 0 aliphatic carbocycles. The first-order valence-corrected chi connectivity index (χ1v) is 7.54. The highest BCUT2D eigenvalue weighted by Crippen LogP contribution is 2.32. The fraction of sp³-hybridized carbons (Fsp3) is 0.250. The smallest absolute Gasteiger partial charge is 0.251 e. The van der Waals surface area contributed by atoms with E-state index in [2.05, 4.69) is 5.32 Å². The minimum Gasteiger partial charge on any atom is -0.365 e. The Morgan fingerprint density at radius 1 is 1.19 bits per heavy atom. The lowest BCUT2D eigenvalue weighted by Crippen LogP contribution is -2.17. The number of benzene rings is 1. The molecule has 3 N–H and O–H groups in total. The van der Waals surface area contributed by atoms with Gasteiger partial charge in [-0.25, -0.2) is 0 Å². The molecule has 1 aromatic carbocycles. The number of carbonyl (C=O) groups is 2. The highest BCUT2D eigenvalue weighted by atomic mass is 32.1. The second-order valence-electron chi connectivity index (χ2n) is 4.89. The standard InChI is InChI=1S/C16H18N2O2S/c1-10-11(2)21-16(14(10)15(17)20)18-13(19)9-8-12-6-4-3-5-7-12/h3-7H,8-9H2,1-2H3,(H2,17,20)(H,18,19). The van der Waals surface area contributed by atoms with Crippen molar-refractivity contribution in [3.63, 3.8) is 0 Å². The number of hydrogen-bond donors (Lipinski definition) is 2. The largest absolute Gasteiger partial charge is 0.365 e. The van der Waals surface area contributed by atoms with Gasteiger partial charge in [-0.3, -0.25) is 9.59 Å². The molecule has 0 unspecified atom stereocenters. The summed E-state index contributed by atoms with van der Waals surface area (Å²) in [6.45, 7) is 3.75. The van der Waals surface area contributed by atoms with E-state index < -0.39 is 5.91 Å². The van der Waals surface area contributed by atoms with Crippen molar-refractivity contribution in [2.75, 3.05) is 5.32 Å². The van der Waals surface area contributed by atoms with E-state index in [0.717, 1.165) is 16.0 Å². The number of aryl methyl sites for hydroxylation is 2. The number of amides is 2. The first kappa shape index (κ1) is 15.3. The fourth-order valence-electron chi connectivity index (χ4n) is 2.10. The summed E-state index contributed by atoms with van der Waals surface area (Å²) < 4.78 is 0. The van der Waals surface area contributed by atoms with Crippen LogP contribution in [0.1, 0.15) is 32.8 Å². The summed E-state index contributed by atoms with van der Waals surface area (Å²) in [6, 6.07) is 9.82. The Morgan fingerprint density at radius 2 is 1.86 bits per heavy atom. The molecule has 0 saturated heterocycles. The summed E-state index contributed by atoms with van der Waals surface area (Å²) in [5.74, 6) is -0.613. The average molecular weight is 302 g/mol. The van der Waals surface area contributed by atoms with E-state index >= 15 is 0 Å². The van der Waals surface area contributed by atoms with Crippen molar-refractivity contribution in [2.24, 2.45) is 5.73 Å². The first-order valence-electron chi connectivity index (χ1n) is 6.72. The quantitative estimate of drug-likeness (QED) is 0.891. The van der Waals surface area contributed by atoms with E-state index in [1.54, 1.807) is 0 Å². The second kappa shape index (κ2) is 6.54. The van der Waals surface area contributed by atoms with Crippen LogP contribution < -0.4 is 11.1 Å². The zero-order valence-electron chi connectivity index (χ0n) is 12.1. The summed E-state index contributed by atoms with van der Waals surface area (Å²) in [5, 5.41) is 3.35. The molecular formula is C16H18N2O2S.